The van der Waals surface area contributed by atoms with E-state index < -0.39 is 6.04 Å². The number of nitrogens with one attached hydrogen (secondary N) is 1. The van der Waals surface area contributed by atoms with Gasteiger partial charge >= 0.3 is 0 Å². The number of carbonyl (C=O) groups is 2. The monoisotopic (exact) mass is 431 g/mol. The Bertz CT molecular complexity index is 713. The minimum atomic E-state index is -0.445. The molecule has 0 fully saturated rings. The molecule has 1 heterocycles. The minimum Gasteiger partial charge on any atom is -0.469 e. The molecule has 0 saturated heterocycles. The number of hydrogen-bond donors (Lipinski definition) is 1. The predicted molar refractivity (Wildman–Crippen MR) is 128 cm³/mol. The quantitative estimate of drug-likeness (QED) is 0.209. The molecule has 0 aliphatic heterocycles. The molecule has 0 spiro atoms. The van der Waals surface area contributed by atoms with E-state index in [0.29, 0.717) is 18.6 Å². The van der Waals surface area contributed by atoms with E-state index in [1.165, 1.54) is 16.7 Å². The van der Waals surface area contributed by atoms with E-state index in [9.17, 15) is 9.59 Å². The first-order chi connectivity index (χ1) is 14.4. The maximum atomic E-state index is 12.0. The zero-order valence-electron chi connectivity index (χ0n) is 18.9. The van der Waals surface area contributed by atoms with Crippen LogP contribution in [0.2, 0.25) is 0 Å². The standard InChI is InChI=1S/C25H37NO3S/c1-20(2)8-5-9-21(3)10-6-11-22(4)15-17-30-19-23(18-27)26-25(28)14-13-24-12-7-16-29-24/h7-8,10,12,15-16,18,23H,5-6,9,11,13-14,17,19H2,1-4H3,(H,26,28)/b21-10+,22-15+. The lowest BCUT2D eigenvalue weighted by molar-refractivity contribution is -0.123. The van der Waals surface area contributed by atoms with Crippen LogP contribution in [0, 0.1) is 0 Å². The zero-order valence-corrected chi connectivity index (χ0v) is 19.7. The predicted octanol–water partition coefficient (Wildman–Crippen LogP) is 6.05. The number of hydrogen-bond acceptors (Lipinski definition) is 4. The van der Waals surface area contributed by atoms with Crippen molar-refractivity contribution in [3.05, 3.63) is 59.1 Å². The molecule has 5 heteroatoms. The fourth-order valence-electron chi connectivity index (χ4n) is 2.82. The molecular formula is C25H37NO3S. The summed E-state index contributed by atoms with van der Waals surface area (Å²) in [4.78, 5) is 23.2. The van der Waals surface area contributed by atoms with Gasteiger partial charge in [-0.2, -0.15) is 11.8 Å². The first-order valence-electron chi connectivity index (χ1n) is 10.7. The summed E-state index contributed by atoms with van der Waals surface area (Å²) < 4.78 is 5.22. The molecule has 1 amide bonds. The molecule has 0 aromatic carbocycles. The second-order valence-corrected chi connectivity index (χ2v) is 8.96. The molecule has 4 nitrogen and oxygen atoms in total. The highest BCUT2D eigenvalue weighted by atomic mass is 32.2. The summed E-state index contributed by atoms with van der Waals surface area (Å²) in [6, 6.07) is 3.20. The van der Waals surface area contributed by atoms with E-state index in [1.54, 1.807) is 24.1 Å². The molecule has 1 rings (SSSR count). The van der Waals surface area contributed by atoms with Crippen LogP contribution in [0.25, 0.3) is 0 Å². The molecular weight excluding hydrogens is 394 g/mol. The molecule has 1 N–H and O–H groups in total. The Kier molecular flexibility index (Phi) is 13.7. The van der Waals surface area contributed by atoms with Gasteiger partial charge in [-0.1, -0.05) is 34.9 Å². The van der Waals surface area contributed by atoms with E-state index in [0.717, 1.165) is 43.5 Å². The number of aldehydes is 1. The van der Waals surface area contributed by atoms with Gasteiger partial charge in [-0.3, -0.25) is 4.79 Å². The molecule has 0 saturated carbocycles. The van der Waals surface area contributed by atoms with Crippen LogP contribution in [0.15, 0.2) is 57.8 Å². The SMILES string of the molecule is CC(C)=CCC/C(C)=C/CC/C(C)=C/CSCC(C=O)NC(=O)CCc1ccco1. The number of allylic oxidation sites excluding steroid dienone is 5. The van der Waals surface area contributed by atoms with E-state index in [4.69, 9.17) is 4.42 Å². The van der Waals surface area contributed by atoms with Crippen molar-refractivity contribution in [1.29, 1.82) is 0 Å². The third-order valence-corrected chi connectivity index (χ3v) is 5.66. The fourth-order valence-corrected chi connectivity index (χ4v) is 3.77. The van der Waals surface area contributed by atoms with E-state index in [2.05, 4.69) is 51.2 Å². The van der Waals surface area contributed by atoms with Gasteiger partial charge in [-0.05, 0) is 65.5 Å². The van der Waals surface area contributed by atoms with Crippen LogP contribution < -0.4 is 5.32 Å². The van der Waals surface area contributed by atoms with Gasteiger partial charge in [0.15, 0.2) is 0 Å². The summed E-state index contributed by atoms with van der Waals surface area (Å²) in [5.41, 5.74) is 4.19. The van der Waals surface area contributed by atoms with Crippen LogP contribution in [0.4, 0.5) is 0 Å². The van der Waals surface area contributed by atoms with E-state index in [-0.39, 0.29) is 5.91 Å². The van der Waals surface area contributed by atoms with Crippen molar-refractivity contribution in [2.75, 3.05) is 11.5 Å². The normalized spacial score (nSPS) is 13.1. The molecule has 0 aliphatic carbocycles. The van der Waals surface area contributed by atoms with Crippen LogP contribution in [-0.2, 0) is 16.0 Å². The Labute approximate surface area is 186 Å². The Morgan fingerprint density at radius 3 is 2.40 bits per heavy atom. The van der Waals surface area contributed by atoms with Gasteiger partial charge in [0.05, 0.1) is 12.3 Å². The topological polar surface area (TPSA) is 59.3 Å². The third kappa shape index (κ3) is 13.3. The van der Waals surface area contributed by atoms with Crippen molar-refractivity contribution < 1.29 is 14.0 Å². The van der Waals surface area contributed by atoms with Gasteiger partial charge in [0.1, 0.15) is 12.0 Å². The summed E-state index contributed by atoms with van der Waals surface area (Å²) in [6.45, 7) is 8.63. The van der Waals surface area contributed by atoms with Crippen molar-refractivity contribution >= 4 is 24.0 Å². The summed E-state index contributed by atoms with van der Waals surface area (Å²) in [7, 11) is 0. The summed E-state index contributed by atoms with van der Waals surface area (Å²) >= 11 is 1.66. The lowest BCUT2D eigenvalue weighted by Crippen LogP contribution is -2.38. The Morgan fingerprint density at radius 2 is 1.77 bits per heavy atom. The summed E-state index contributed by atoms with van der Waals surface area (Å²) in [5, 5.41) is 2.79. The van der Waals surface area contributed by atoms with Crippen molar-refractivity contribution in [2.24, 2.45) is 0 Å². The van der Waals surface area contributed by atoms with Crippen LogP contribution in [0.3, 0.4) is 0 Å². The highest BCUT2D eigenvalue weighted by molar-refractivity contribution is 7.99. The molecule has 1 aromatic heterocycles. The zero-order chi connectivity index (χ0) is 22.2. The summed E-state index contributed by atoms with van der Waals surface area (Å²) in [5.74, 6) is 2.09. The van der Waals surface area contributed by atoms with E-state index >= 15 is 0 Å². The van der Waals surface area contributed by atoms with Gasteiger partial charge in [0.25, 0.3) is 0 Å². The molecule has 1 atom stereocenters. The van der Waals surface area contributed by atoms with Crippen molar-refractivity contribution in [3.63, 3.8) is 0 Å². The van der Waals surface area contributed by atoms with Crippen molar-refractivity contribution in [3.8, 4) is 0 Å². The lowest BCUT2D eigenvalue weighted by atomic mass is 10.1. The largest absolute Gasteiger partial charge is 0.469 e. The number of carbonyl (C=O) groups excluding carboxylic acids is 2. The smallest absolute Gasteiger partial charge is 0.221 e. The maximum absolute atomic E-state index is 12.0. The first kappa shape index (κ1) is 26.0. The lowest BCUT2D eigenvalue weighted by Gasteiger charge is -2.11. The van der Waals surface area contributed by atoms with Gasteiger partial charge in [0.2, 0.25) is 5.91 Å². The summed E-state index contributed by atoms with van der Waals surface area (Å²) in [6.07, 6.45) is 14.5. The van der Waals surface area contributed by atoms with Gasteiger partial charge in [-0.15, -0.1) is 0 Å². The van der Waals surface area contributed by atoms with Crippen LogP contribution in [-0.4, -0.2) is 29.7 Å². The highest BCUT2D eigenvalue weighted by Crippen LogP contribution is 2.13. The second-order valence-electron chi connectivity index (χ2n) is 7.89. The Hall–Kier alpha value is -2.01. The fraction of sp³-hybridized carbons (Fsp3) is 0.520. The van der Waals surface area contributed by atoms with Gasteiger partial charge in [0, 0.05) is 24.3 Å². The van der Waals surface area contributed by atoms with Crippen LogP contribution in [0.5, 0.6) is 0 Å². The number of thioether (sulfide) groups is 1. The molecule has 0 radical (unpaired) electrons. The second kappa shape index (κ2) is 15.8. The average molecular weight is 432 g/mol. The molecule has 0 bridgehead atoms. The Balaban J connectivity index is 2.20. The van der Waals surface area contributed by atoms with Crippen molar-refractivity contribution in [2.45, 2.75) is 72.3 Å². The molecule has 166 valence electrons. The van der Waals surface area contributed by atoms with Crippen LogP contribution >= 0.6 is 11.8 Å². The highest BCUT2D eigenvalue weighted by Gasteiger charge is 2.11. The van der Waals surface area contributed by atoms with Crippen molar-refractivity contribution in [1.82, 2.24) is 5.32 Å². The number of rotatable bonds is 15. The third-order valence-electron chi connectivity index (χ3n) is 4.66. The molecule has 0 aliphatic rings. The van der Waals surface area contributed by atoms with E-state index in [1.807, 2.05) is 6.07 Å². The molecule has 30 heavy (non-hydrogen) atoms. The number of aryl methyl sites for hydroxylation is 1. The number of furan rings is 1. The number of amides is 1. The van der Waals surface area contributed by atoms with Gasteiger partial charge in [-0.25, -0.2) is 0 Å². The molecule has 1 aromatic rings. The maximum Gasteiger partial charge on any atom is 0.221 e. The van der Waals surface area contributed by atoms with Gasteiger partial charge < -0.3 is 14.5 Å². The Morgan fingerprint density at radius 1 is 1.07 bits per heavy atom. The molecule has 1 unspecified atom stereocenters. The minimum absolute atomic E-state index is 0.123. The average Bonchev–Trinajstić information content (AvgIpc) is 3.22. The first-order valence-corrected chi connectivity index (χ1v) is 11.9. The van der Waals surface area contributed by atoms with Crippen LogP contribution in [0.1, 0.15) is 65.6 Å².